The number of rotatable bonds is 7. The maximum atomic E-state index is 12.7. The fourth-order valence-electron chi connectivity index (χ4n) is 2.71. The molecule has 0 aliphatic rings. The Bertz CT molecular complexity index is 936. The summed E-state index contributed by atoms with van der Waals surface area (Å²) in [4.78, 5) is 24.2. The average molecular weight is 375 g/mol. The quantitative estimate of drug-likeness (QED) is 0.624. The van der Waals surface area contributed by atoms with Crippen LogP contribution in [0.25, 0.3) is 0 Å². The van der Waals surface area contributed by atoms with Gasteiger partial charge in [-0.3, -0.25) is 4.79 Å². The molecule has 142 valence electrons. The number of anilines is 1. The second kappa shape index (κ2) is 9.37. The van der Waals surface area contributed by atoms with Crippen molar-refractivity contribution in [3.63, 3.8) is 0 Å². The lowest BCUT2D eigenvalue weighted by molar-refractivity contribution is 0.0600. The summed E-state index contributed by atoms with van der Waals surface area (Å²) in [6, 6.07) is 23.7. The predicted molar refractivity (Wildman–Crippen MR) is 108 cm³/mol. The van der Waals surface area contributed by atoms with Gasteiger partial charge < -0.3 is 14.8 Å². The van der Waals surface area contributed by atoms with Gasteiger partial charge >= 0.3 is 5.97 Å². The highest BCUT2D eigenvalue weighted by Crippen LogP contribution is 2.20. The molecule has 0 radical (unpaired) electrons. The average Bonchev–Trinajstić information content (AvgIpc) is 2.75. The van der Waals surface area contributed by atoms with Crippen LogP contribution in [0, 0.1) is 0 Å². The number of amides is 1. The van der Waals surface area contributed by atoms with Gasteiger partial charge in [0.25, 0.3) is 5.91 Å². The summed E-state index contributed by atoms with van der Waals surface area (Å²) >= 11 is 0. The third-order valence-corrected chi connectivity index (χ3v) is 4.19. The summed E-state index contributed by atoms with van der Waals surface area (Å²) < 4.78 is 10.5. The third kappa shape index (κ3) is 4.98. The number of carbonyl (C=O) groups is 2. The summed E-state index contributed by atoms with van der Waals surface area (Å²) in [5.74, 6) is -0.168. The molecule has 3 rings (SSSR count). The van der Waals surface area contributed by atoms with E-state index >= 15 is 0 Å². The minimum absolute atomic E-state index is 0.277. The molecule has 0 aromatic heterocycles. The van der Waals surface area contributed by atoms with Gasteiger partial charge in [0.2, 0.25) is 0 Å². The molecule has 5 nitrogen and oxygen atoms in total. The van der Waals surface area contributed by atoms with Crippen LogP contribution in [0.4, 0.5) is 5.69 Å². The highest BCUT2D eigenvalue weighted by molar-refractivity contribution is 6.06. The van der Waals surface area contributed by atoms with E-state index in [1.165, 1.54) is 12.7 Å². The van der Waals surface area contributed by atoms with Crippen LogP contribution < -0.4 is 10.1 Å². The topological polar surface area (TPSA) is 64.6 Å². The van der Waals surface area contributed by atoms with E-state index in [1.54, 1.807) is 42.5 Å². The van der Waals surface area contributed by atoms with E-state index in [2.05, 4.69) is 10.1 Å². The van der Waals surface area contributed by atoms with Crippen molar-refractivity contribution in [3.8, 4) is 5.75 Å². The van der Waals surface area contributed by atoms with E-state index in [0.29, 0.717) is 29.2 Å². The predicted octanol–water partition coefficient (Wildman–Crippen LogP) is 4.35. The molecule has 0 unspecified atom stereocenters. The van der Waals surface area contributed by atoms with Crippen molar-refractivity contribution in [2.45, 2.75) is 6.42 Å². The maximum absolute atomic E-state index is 12.7. The zero-order valence-corrected chi connectivity index (χ0v) is 15.6. The number of benzene rings is 3. The first-order chi connectivity index (χ1) is 13.7. The maximum Gasteiger partial charge on any atom is 0.337 e. The Kier molecular flexibility index (Phi) is 6.41. The molecule has 0 atom stereocenters. The van der Waals surface area contributed by atoms with Crippen LogP contribution in [-0.4, -0.2) is 25.6 Å². The molecule has 0 saturated heterocycles. The van der Waals surface area contributed by atoms with Gasteiger partial charge in [-0.15, -0.1) is 0 Å². The number of hydrogen-bond acceptors (Lipinski definition) is 4. The highest BCUT2D eigenvalue weighted by Gasteiger charge is 2.13. The second-order valence-electron chi connectivity index (χ2n) is 6.10. The van der Waals surface area contributed by atoms with E-state index in [-0.39, 0.29) is 5.91 Å². The molecule has 0 aliphatic carbocycles. The molecule has 0 heterocycles. The van der Waals surface area contributed by atoms with E-state index in [0.717, 1.165) is 6.42 Å². The molecule has 5 heteroatoms. The molecule has 28 heavy (non-hydrogen) atoms. The van der Waals surface area contributed by atoms with Crippen LogP contribution in [0.15, 0.2) is 78.9 Å². The Balaban J connectivity index is 1.64. The summed E-state index contributed by atoms with van der Waals surface area (Å²) in [7, 11) is 1.33. The van der Waals surface area contributed by atoms with Gasteiger partial charge in [-0.25, -0.2) is 4.79 Å². The Morgan fingerprint density at radius 1 is 0.857 bits per heavy atom. The monoisotopic (exact) mass is 375 g/mol. The van der Waals surface area contributed by atoms with Crippen molar-refractivity contribution in [2.75, 3.05) is 19.0 Å². The normalized spacial score (nSPS) is 10.2. The van der Waals surface area contributed by atoms with Crippen LogP contribution in [0.2, 0.25) is 0 Å². The Labute approximate surface area is 163 Å². The molecule has 1 N–H and O–H groups in total. The number of esters is 1. The standard InChI is InChI=1S/C23H21NO4/c1-27-23(26)18-11-13-19(14-12-18)24-22(25)20-9-5-6-10-21(20)28-16-15-17-7-3-2-4-8-17/h2-14H,15-16H2,1H3,(H,24,25). The molecule has 0 fully saturated rings. The number of methoxy groups -OCH3 is 1. The molecular formula is C23H21NO4. The third-order valence-electron chi connectivity index (χ3n) is 4.19. The van der Waals surface area contributed by atoms with Crippen molar-refractivity contribution in [1.82, 2.24) is 0 Å². The van der Waals surface area contributed by atoms with Crippen LogP contribution in [0.1, 0.15) is 26.3 Å². The van der Waals surface area contributed by atoms with Crippen molar-refractivity contribution >= 4 is 17.6 Å². The zero-order chi connectivity index (χ0) is 19.8. The minimum Gasteiger partial charge on any atom is -0.492 e. The molecule has 0 saturated carbocycles. The minimum atomic E-state index is -0.421. The lowest BCUT2D eigenvalue weighted by Crippen LogP contribution is -2.14. The van der Waals surface area contributed by atoms with Crippen molar-refractivity contribution in [2.24, 2.45) is 0 Å². The molecule has 0 spiro atoms. The number of ether oxygens (including phenoxy) is 2. The van der Waals surface area contributed by atoms with Crippen LogP contribution in [-0.2, 0) is 11.2 Å². The first kappa shape index (κ1) is 19.2. The Hall–Kier alpha value is -3.60. The van der Waals surface area contributed by atoms with Crippen molar-refractivity contribution in [1.29, 1.82) is 0 Å². The summed E-state index contributed by atoms with van der Waals surface area (Å²) in [5.41, 5.74) is 2.63. The molecule has 1 amide bonds. The lowest BCUT2D eigenvalue weighted by atomic mass is 10.1. The fourth-order valence-corrected chi connectivity index (χ4v) is 2.71. The van der Waals surface area contributed by atoms with E-state index in [1.807, 2.05) is 36.4 Å². The molecular weight excluding hydrogens is 354 g/mol. The molecule has 3 aromatic carbocycles. The largest absolute Gasteiger partial charge is 0.492 e. The smallest absolute Gasteiger partial charge is 0.337 e. The SMILES string of the molecule is COC(=O)c1ccc(NC(=O)c2ccccc2OCCc2ccccc2)cc1. The Morgan fingerprint density at radius 3 is 2.25 bits per heavy atom. The fraction of sp³-hybridized carbons (Fsp3) is 0.130. The number of carbonyl (C=O) groups excluding carboxylic acids is 2. The van der Waals surface area contributed by atoms with Crippen LogP contribution in [0.5, 0.6) is 5.75 Å². The molecule has 0 bridgehead atoms. The number of hydrogen-bond donors (Lipinski definition) is 1. The second-order valence-corrected chi connectivity index (χ2v) is 6.10. The van der Waals surface area contributed by atoms with E-state index in [9.17, 15) is 9.59 Å². The summed E-state index contributed by atoms with van der Waals surface area (Å²) in [5, 5.41) is 2.82. The van der Waals surface area contributed by atoms with Gasteiger partial charge in [0.05, 0.1) is 24.8 Å². The van der Waals surface area contributed by atoms with Gasteiger partial charge in [0.15, 0.2) is 0 Å². The van der Waals surface area contributed by atoms with Gasteiger partial charge in [-0.05, 0) is 42.0 Å². The Morgan fingerprint density at radius 2 is 1.54 bits per heavy atom. The van der Waals surface area contributed by atoms with Crippen molar-refractivity contribution < 1.29 is 19.1 Å². The van der Waals surface area contributed by atoms with Crippen molar-refractivity contribution in [3.05, 3.63) is 95.6 Å². The van der Waals surface area contributed by atoms with E-state index in [4.69, 9.17) is 4.74 Å². The first-order valence-corrected chi connectivity index (χ1v) is 8.93. The van der Waals surface area contributed by atoms with Crippen LogP contribution >= 0.6 is 0 Å². The zero-order valence-electron chi connectivity index (χ0n) is 15.6. The van der Waals surface area contributed by atoms with Gasteiger partial charge in [0.1, 0.15) is 5.75 Å². The van der Waals surface area contributed by atoms with Gasteiger partial charge in [0, 0.05) is 12.1 Å². The van der Waals surface area contributed by atoms with Gasteiger partial charge in [-0.1, -0.05) is 42.5 Å². The number of para-hydroxylation sites is 1. The van der Waals surface area contributed by atoms with E-state index < -0.39 is 5.97 Å². The lowest BCUT2D eigenvalue weighted by Gasteiger charge is -2.12. The highest BCUT2D eigenvalue weighted by atomic mass is 16.5. The van der Waals surface area contributed by atoms with Gasteiger partial charge in [-0.2, -0.15) is 0 Å². The summed E-state index contributed by atoms with van der Waals surface area (Å²) in [6.07, 6.45) is 0.756. The first-order valence-electron chi connectivity index (χ1n) is 8.93. The van der Waals surface area contributed by atoms with Crippen LogP contribution in [0.3, 0.4) is 0 Å². The number of nitrogens with one attached hydrogen (secondary N) is 1. The molecule has 3 aromatic rings. The molecule has 0 aliphatic heterocycles. The summed E-state index contributed by atoms with van der Waals surface area (Å²) in [6.45, 7) is 0.474.